The van der Waals surface area contributed by atoms with Gasteiger partial charge in [-0.25, -0.2) is 9.78 Å². The molecule has 0 aliphatic carbocycles. The molecule has 0 aliphatic heterocycles. The third kappa shape index (κ3) is 4.17. The van der Waals surface area contributed by atoms with Crippen LogP contribution >= 0.6 is 11.8 Å². The predicted molar refractivity (Wildman–Crippen MR) is 96.0 cm³/mol. The van der Waals surface area contributed by atoms with Crippen LogP contribution in [0.3, 0.4) is 0 Å². The standard InChI is InChI=1S/C18H17N3O2S/c1-24-15-9-7-14(8-10-15)21-18(22)20-12-17-19-11-16(23-17)13-5-3-2-4-6-13/h2-11H,12H2,1H3,(H2,20,21,22). The van der Waals surface area contributed by atoms with Crippen molar-refractivity contribution in [3.05, 3.63) is 66.7 Å². The minimum Gasteiger partial charge on any atom is -0.439 e. The largest absolute Gasteiger partial charge is 0.439 e. The van der Waals surface area contributed by atoms with Gasteiger partial charge in [0, 0.05) is 16.1 Å². The molecule has 5 nitrogen and oxygen atoms in total. The first kappa shape index (κ1) is 16.1. The average Bonchev–Trinajstić information content (AvgIpc) is 3.10. The number of aromatic nitrogens is 1. The summed E-state index contributed by atoms with van der Waals surface area (Å²) in [5.74, 6) is 1.14. The van der Waals surface area contributed by atoms with Crippen LogP contribution in [0.25, 0.3) is 11.3 Å². The fraction of sp³-hybridized carbons (Fsp3) is 0.111. The molecule has 0 bridgehead atoms. The van der Waals surface area contributed by atoms with Gasteiger partial charge in [-0.3, -0.25) is 0 Å². The number of oxazole rings is 1. The zero-order valence-corrected chi connectivity index (χ0v) is 14.0. The van der Waals surface area contributed by atoms with Crippen molar-refractivity contribution >= 4 is 23.5 Å². The van der Waals surface area contributed by atoms with Crippen molar-refractivity contribution in [1.82, 2.24) is 10.3 Å². The Kier molecular flexibility index (Phi) is 5.18. The summed E-state index contributed by atoms with van der Waals surface area (Å²) in [7, 11) is 0. The molecule has 24 heavy (non-hydrogen) atoms. The molecule has 0 unspecified atom stereocenters. The van der Waals surface area contributed by atoms with E-state index in [4.69, 9.17) is 4.42 Å². The van der Waals surface area contributed by atoms with Gasteiger partial charge in [-0.2, -0.15) is 0 Å². The van der Waals surface area contributed by atoms with Gasteiger partial charge < -0.3 is 15.1 Å². The van der Waals surface area contributed by atoms with Crippen molar-refractivity contribution in [3.63, 3.8) is 0 Å². The van der Waals surface area contributed by atoms with E-state index in [-0.39, 0.29) is 12.6 Å². The van der Waals surface area contributed by atoms with Crippen molar-refractivity contribution in [2.24, 2.45) is 0 Å². The van der Waals surface area contributed by atoms with Crippen LogP contribution in [0.1, 0.15) is 5.89 Å². The van der Waals surface area contributed by atoms with Crippen LogP contribution in [-0.2, 0) is 6.54 Å². The van der Waals surface area contributed by atoms with E-state index >= 15 is 0 Å². The zero-order valence-electron chi connectivity index (χ0n) is 13.2. The Morgan fingerprint density at radius 2 is 1.88 bits per heavy atom. The number of benzene rings is 2. The van der Waals surface area contributed by atoms with E-state index in [1.165, 1.54) is 0 Å². The van der Waals surface area contributed by atoms with Crippen molar-refractivity contribution in [1.29, 1.82) is 0 Å². The Labute approximate surface area is 144 Å². The monoisotopic (exact) mass is 339 g/mol. The molecule has 1 aromatic heterocycles. The minimum atomic E-state index is -0.300. The van der Waals surface area contributed by atoms with E-state index in [0.29, 0.717) is 11.7 Å². The first-order valence-corrected chi connectivity index (χ1v) is 8.66. The average molecular weight is 339 g/mol. The van der Waals surface area contributed by atoms with E-state index < -0.39 is 0 Å². The maximum Gasteiger partial charge on any atom is 0.319 e. The van der Waals surface area contributed by atoms with Gasteiger partial charge in [0.15, 0.2) is 5.76 Å². The summed E-state index contributed by atoms with van der Waals surface area (Å²) in [5, 5.41) is 5.50. The molecule has 0 saturated carbocycles. The lowest BCUT2D eigenvalue weighted by Crippen LogP contribution is -2.28. The van der Waals surface area contributed by atoms with Gasteiger partial charge in [0.1, 0.15) is 0 Å². The van der Waals surface area contributed by atoms with Gasteiger partial charge in [-0.1, -0.05) is 30.3 Å². The topological polar surface area (TPSA) is 67.2 Å². The van der Waals surface area contributed by atoms with Crippen LogP contribution in [0, 0.1) is 0 Å². The van der Waals surface area contributed by atoms with E-state index in [0.717, 1.165) is 16.1 Å². The minimum absolute atomic E-state index is 0.224. The van der Waals surface area contributed by atoms with Gasteiger partial charge in [-0.15, -0.1) is 11.8 Å². The summed E-state index contributed by atoms with van der Waals surface area (Å²) in [4.78, 5) is 17.2. The molecule has 2 amide bonds. The van der Waals surface area contributed by atoms with Gasteiger partial charge >= 0.3 is 6.03 Å². The first-order chi connectivity index (χ1) is 11.7. The number of hydrogen-bond acceptors (Lipinski definition) is 4. The van der Waals surface area contributed by atoms with Crippen LogP contribution in [0.2, 0.25) is 0 Å². The van der Waals surface area contributed by atoms with E-state index in [9.17, 15) is 4.79 Å². The lowest BCUT2D eigenvalue weighted by Gasteiger charge is -2.06. The van der Waals surface area contributed by atoms with Crippen molar-refractivity contribution < 1.29 is 9.21 Å². The number of nitrogens with zero attached hydrogens (tertiary/aromatic N) is 1. The third-order valence-corrected chi connectivity index (χ3v) is 4.10. The van der Waals surface area contributed by atoms with Crippen molar-refractivity contribution in [2.45, 2.75) is 11.4 Å². The number of urea groups is 1. The smallest absolute Gasteiger partial charge is 0.319 e. The summed E-state index contributed by atoms with van der Waals surface area (Å²) in [6, 6.07) is 17.1. The molecular weight excluding hydrogens is 322 g/mol. The highest BCUT2D eigenvalue weighted by atomic mass is 32.2. The molecule has 2 N–H and O–H groups in total. The van der Waals surface area contributed by atoms with E-state index in [1.54, 1.807) is 18.0 Å². The number of carbonyl (C=O) groups is 1. The Hall–Kier alpha value is -2.73. The highest BCUT2D eigenvalue weighted by Crippen LogP contribution is 2.20. The lowest BCUT2D eigenvalue weighted by atomic mass is 10.2. The highest BCUT2D eigenvalue weighted by molar-refractivity contribution is 7.98. The number of carbonyl (C=O) groups excluding carboxylic acids is 1. The second-order valence-electron chi connectivity index (χ2n) is 5.02. The van der Waals surface area contributed by atoms with Crippen LogP contribution in [-0.4, -0.2) is 17.3 Å². The fourth-order valence-electron chi connectivity index (χ4n) is 2.13. The summed E-state index contributed by atoms with van der Waals surface area (Å²) in [5.41, 5.74) is 1.69. The van der Waals surface area contributed by atoms with Gasteiger partial charge in [-0.05, 0) is 30.5 Å². The Bertz CT molecular complexity index is 801. The van der Waals surface area contributed by atoms with Crippen molar-refractivity contribution in [2.75, 3.05) is 11.6 Å². The second kappa shape index (κ2) is 7.70. The molecule has 0 atom stereocenters. The van der Waals surface area contributed by atoms with Gasteiger partial charge in [0.25, 0.3) is 0 Å². The van der Waals surface area contributed by atoms with Crippen LogP contribution in [0.5, 0.6) is 0 Å². The molecule has 3 aromatic rings. The third-order valence-electron chi connectivity index (χ3n) is 3.36. The number of hydrogen-bond donors (Lipinski definition) is 2. The molecule has 0 spiro atoms. The predicted octanol–water partition coefficient (Wildman–Crippen LogP) is 4.39. The molecule has 2 aromatic carbocycles. The lowest BCUT2D eigenvalue weighted by molar-refractivity contribution is 0.250. The molecule has 122 valence electrons. The van der Waals surface area contributed by atoms with Gasteiger partial charge in [0.05, 0.1) is 12.7 Å². The summed E-state index contributed by atoms with van der Waals surface area (Å²) < 4.78 is 5.64. The van der Waals surface area contributed by atoms with Crippen LogP contribution in [0.15, 0.2) is 70.1 Å². The molecule has 6 heteroatoms. The molecule has 1 heterocycles. The van der Waals surface area contributed by atoms with Crippen LogP contribution in [0.4, 0.5) is 10.5 Å². The number of anilines is 1. The van der Waals surface area contributed by atoms with Gasteiger partial charge in [0.2, 0.25) is 5.89 Å². The summed E-state index contributed by atoms with van der Waals surface area (Å²) in [6.45, 7) is 0.224. The number of amides is 2. The number of thioether (sulfide) groups is 1. The maximum absolute atomic E-state index is 11.9. The fourth-order valence-corrected chi connectivity index (χ4v) is 2.54. The molecule has 0 fully saturated rings. The highest BCUT2D eigenvalue weighted by Gasteiger charge is 2.08. The van der Waals surface area contributed by atoms with Crippen molar-refractivity contribution in [3.8, 4) is 11.3 Å². The number of rotatable bonds is 5. The molecular formula is C18H17N3O2S. The van der Waals surface area contributed by atoms with Crippen LogP contribution < -0.4 is 10.6 Å². The Morgan fingerprint density at radius 3 is 2.58 bits per heavy atom. The normalized spacial score (nSPS) is 10.4. The number of nitrogens with one attached hydrogen (secondary N) is 2. The maximum atomic E-state index is 11.9. The molecule has 3 rings (SSSR count). The molecule has 0 saturated heterocycles. The van der Waals surface area contributed by atoms with E-state index in [2.05, 4.69) is 15.6 Å². The molecule has 0 radical (unpaired) electrons. The Morgan fingerprint density at radius 1 is 1.12 bits per heavy atom. The Balaban J connectivity index is 1.53. The zero-order chi connectivity index (χ0) is 16.8. The summed E-state index contributed by atoms with van der Waals surface area (Å²) >= 11 is 1.66. The summed E-state index contributed by atoms with van der Waals surface area (Å²) in [6.07, 6.45) is 3.67. The van der Waals surface area contributed by atoms with E-state index in [1.807, 2.05) is 60.9 Å². The second-order valence-corrected chi connectivity index (χ2v) is 5.90. The SMILES string of the molecule is CSc1ccc(NC(=O)NCc2ncc(-c3ccccc3)o2)cc1. The quantitative estimate of drug-likeness (QED) is 0.677. The first-order valence-electron chi connectivity index (χ1n) is 7.43. The molecule has 0 aliphatic rings.